The number of esters is 2. The third-order valence-corrected chi connectivity index (χ3v) is 19.6. The zero-order valence-electron chi connectivity index (χ0n) is 33.0. The summed E-state index contributed by atoms with van der Waals surface area (Å²) in [5.74, 6) is -0.852. The number of rotatable bonds is 6. The Balaban J connectivity index is 0.854. The lowest BCUT2D eigenvalue weighted by Gasteiger charge is -2.67. The number of ether oxygens (including phenoxy) is 2. The number of para-hydroxylation sites is 1. The number of anilines is 1. The Hall–Kier alpha value is -2.83. The number of hydrogen-bond donors (Lipinski definition) is 4. The Morgan fingerprint density at radius 3 is 2.57 bits per heavy atom. The molecule has 6 heterocycles. The average Bonchev–Trinajstić information content (AvgIpc) is 3.86. The molecule has 9 fully saturated rings. The zero-order chi connectivity index (χ0) is 38.9. The van der Waals surface area contributed by atoms with Gasteiger partial charge in [0.05, 0.1) is 40.2 Å². The molecular formula is C45H59N2O9+. The molecule has 0 aromatic heterocycles. The van der Waals surface area contributed by atoms with Crippen LogP contribution in [0.25, 0.3) is 0 Å². The summed E-state index contributed by atoms with van der Waals surface area (Å²) in [5, 5.41) is 50.1. The Morgan fingerprint density at radius 1 is 1.04 bits per heavy atom. The third kappa shape index (κ3) is 3.92. The minimum absolute atomic E-state index is 0.0104. The van der Waals surface area contributed by atoms with Crippen LogP contribution in [0.2, 0.25) is 0 Å². The van der Waals surface area contributed by atoms with Crippen molar-refractivity contribution in [2.24, 2.45) is 46.3 Å². The predicted molar refractivity (Wildman–Crippen MR) is 202 cm³/mol. The molecule has 18 atom stereocenters. The van der Waals surface area contributed by atoms with Crippen molar-refractivity contribution in [3.63, 3.8) is 0 Å². The fraction of sp³-hybridized carbons (Fsp3) is 0.756. The molecule has 0 unspecified atom stereocenters. The van der Waals surface area contributed by atoms with Crippen LogP contribution in [0.3, 0.4) is 0 Å². The highest BCUT2D eigenvalue weighted by Crippen LogP contribution is 2.73. The van der Waals surface area contributed by atoms with Crippen molar-refractivity contribution in [3.8, 4) is 0 Å². The summed E-state index contributed by atoms with van der Waals surface area (Å²) in [7, 11) is 2.11. The number of hydrogen-bond acceptors (Lipinski definition) is 10. The van der Waals surface area contributed by atoms with Gasteiger partial charge in [-0.05, 0) is 98.7 Å². The molecule has 4 N–H and O–H groups in total. The van der Waals surface area contributed by atoms with E-state index in [4.69, 9.17) is 9.47 Å². The van der Waals surface area contributed by atoms with E-state index in [2.05, 4.69) is 44.0 Å². The summed E-state index contributed by atoms with van der Waals surface area (Å²) in [6.07, 6.45) is 7.72. The minimum atomic E-state index is -1.37. The lowest BCUT2D eigenvalue weighted by atomic mass is 9.41. The number of fused-ring (bicyclic) bond motifs is 7. The van der Waals surface area contributed by atoms with Gasteiger partial charge in [0.15, 0.2) is 12.8 Å². The number of likely N-dealkylation sites (N-methyl/N-ethyl adjacent to an activating group) is 1. The van der Waals surface area contributed by atoms with E-state index in [0.29, 0.717) is 44.9 Å². The third-order valence-electron chi connectivity index (χ3n) is 19.6. The second-order valence-corrected chi connectivity index (χ2v) is 20.6. The maximum Gasteiger partial charge on any atom is 0.362 e. The van der Waals surface area contributed by atoms with Crippen molar-refractivity contribution in [1.82, 2.24) is 0 Å². The summed E-state index contributed by atoms with van der Waals surface area (Å²) >= 11 is 0. The highest BCUT2D eigenvalue weighted by molar-refractivity contribution is 5.85. The summed E-state index contributed by atoms with van der Waals surface area (Å²) < 4.78 is 11.9. The summed E-state index contributed by atoms with van der Waals surface area (Å²) in [6, 6.07) is 8.28. The molecule has 11 heteroatoms. The Labute approximate surface area is 329 Å². The molecule has 12 rings (SSSR count). The van der Waals surface area contributed by atoms with Gasteiger partial charge < -0.3 is 39.6 Å². The largest absolute Gasteiger partial charge is 0.458 e. The summed E-state index contributed by atoms with van der Waals surface area (Å²) in [6.45, 7) is 4.56. The predicted octanol–water partition coefficient (Wildman–Crippen LogP) is 3.53. The van der Waals surface area contributed by atoms with Crippen LogP contribution in [-0.2, 0) is 29.3 Å². The number of carbonyl (C=O) groups is 3. The number of aldehydes is 1. The van der Waals surface area contributed by atoms with Crippen LogP contribution in [0.5, 0.6) is 0 Å². The summed E-state index contributed by atoms with van der Waals surface area (Å²) in [5.41, 5.74) is -1.04. The van der Waals surface area contributed by atoms with E-state index < -0.39 is 45.9 Å². The van der Waals surface area contributed by atoms with Crippen molar-refractivity contribution in [2.75, 3.05) is 25.1 Å². The van der Waals surface area contributed by atoms with Crippen LogP contribution in [0.15, 0.2) is 35.9 Å². The van der Waals surface area contributed by atoms with Crippen molar-refractivity contribution in [3.05, 3.63) is 41.5 Å². The number of quaternary nitrogens is 1. The second kappa shape index (κ2) is 11.5. The van der Waals surface area contributed by atoms with Gasteiger partial charge in [-0.1, -0.05) is 32.0 Å². The number of piperidine rings is 4. The molecule has 0 amide bonds. The fourth-order valence-electron chi connectivity index (χ4n) is 17.6. The maximum atomic E-state index is 14.5. The molecule has 1 aromatic rings. The van der Waals surface area contributed by atoms with Gasteiger partial charge in [-0.3, -0.25) is 4.48 Å². The van der Waals surface area contributed by atoms with E-state index in [-0.39, 0.29) is 89.6 Å². The van der Waals surface area contributed by atoms with Gasteiger partial charge in [-0.2, -0.15) is 0 Å². The Kier molecular flexibility index (Phi) is 7.42. The standard InChI is InChI=1S/C45H59N2O9/c1-4-26-27-18-33-38-44(31-7-5-6-8-32(31)46(38)3)20-34(37(27)39(44)51)47(33,40(26)52)21-36(50)56-25-9-14-42(23-48)29-10-13-41(2)28(24-17-35(49)55-22-24)12-16-45(41,54)30(29)11-15-43(42,53)19-25/h5-8,17,23,25-30,33-34,37-40,51-54H,4,9-16,18-22H2,1-3H3/q+1/t25-,26-,27+,28+,29-,30+,33-,34-,37+,38-,39+,40+,41+,42-,43-,44+,45-,47-/m0/s1. The van der Waals surface area contributed by atoms with E-state index in [1.807, 2.05) is 6.07 Å². The summed E-state index contributed by atoms with van der Waals surface area (Å²) in [4.78, 5) is 42.3. The molecule has 5 bridgehead atoms. The highest BCUT2D eigenvalue weighted by Gasteiger charge is 2.83. The molecule has 5 aliphatic carbocycles. The first-order valence-corrected chi connectivity index (χ1v) is 21.8. The first-order valence-electron chi connectivity index (χ1n) is 21.8. The molecule has 6 aliphatic heterocycles. The molecule has 5 saturated carbocycles. The van der Waals surface area contributed by atoms with Gasteiger partial charge in [0.2, 0.25) is 0 Å². The van der Waals surface area contributed by atoms with E-state index in [1.165, 1.54) is 5.56 Å². The van der Waals surface area contributed by atoms with Crippen molar-refractivity contribution in [1.29, 1.82) is 0 Å². The van der Waals surface area contributed by atoms with Gasteiger partial charge >= 0.3 is 11.9 Å². The van der Waals surface area contributed by atoms with Crippen LogP contribution in [0.1, 0.15) is 96.5 Å². The van der Waals surface area contributed by atoms with Gasteiger partial charge in [0.1, 0.15) is 25.0 Å². The van der Waals surface area contributed by atoms with E-state index in [1.54, 1.807) is 6.08 Å². The van der Waals surface area contributed by atoms with Crippen LogP contribution in [0.4, 0.5) is 5.69 Å². The lowest BCUT2D eigenvalue weighted by molar-refractivity contribution is -1.03. The molecule has 56 heavy (non-hydrogen) atoms. The maximum absolute atomic E-state index is 14.5. The van der Waals surface area contributed by atoms with Crippen LogP contribution in [-0.4, -0.2) is 111 Å². The number of cyclic esters (lactones) is 1. The van der Waals surface area contributed by atoms with Crippen LogP contribution >= 0.6 is 0 Å². The zero-order valence-corrected chi connectivity index (χ0v) is 33.0. The van der Waals surface area contributed by atoms with E-state index >= 15 is 0 Å². The SMILES string of the molecule is CC[C@H]1[C@H]2C[C@H]3[C@@H]4N(C)c5ccccc5[C@]45C[C@@H]([C@@H]2[C@H]5O)[N@@+]3(CC(=O)O[C@H]2CC[C@]3(C=O)[C@H]4CC[C@]5(C)[C@@H](C6=CC(=O)OC6)CC[C@]5(O)[C@@H]4CC[C@]3(O)C2)[C@@H]1O. The highest BCUT2D eigenvalue weighted by atomic mass is 16.5. The molecule has 302 valence electrons. The number of benzene rings is 1. The second-order valence-electron chi connectivity index (χ2n) is 20.6. The van der Waals surface area contributed by atoms with Gasteiger partial charge in [-0.15, -0.1) is 0 Å². The Morgan fingerprint density at radius 2 is 1.82 bits per heavy atom. The normalized spacial score (nSPS) is 54.1. The van der Waals surface area contributed by atoms with E-state index in [9.17, 15) is 34.8 Å². The van der Waals surface area contributed by atoms with Gasteiger partial charge in [0.25, 0.3) is 0 Å². The molecule has 0 radical (unpaired) electrons. The monoisotopic (exact) mass is 771 g/mol. The van der Waals surface area contributed by atoms with Gasteiger partial charge in [-0.25, -0.2) is 9.59 Å². The number of nitrogens with zero attached hydrogens (tertiary/aromatic N) is 2. The molecule has 4 saturated heterocycles. The molecular weight excluding hydrogens is 713 g/mol. The Bertz CT molecular complexity index is 1940. The average molecular weight is 772 g/mol. The number of aliphatic hydroxyl groups is 4. The van der Waals surface area contributed by atoms with Crippen LogP contribution < -0.4 is 4.90 Å². The smallest absolute Gasteiger partial charge is 0.362 e. The molecule has 1 spiro atoms. The number of aliphatic hydroxyl groups excluding tert-OH is 2. The topological polar surface area (TPSA) is 154 Å². The van der Waals surface area contributed by atoms with Crippen molar-refractivity contribution in [2.45, 2.75) is 144 Å². The molecule has 11 aliphatic rings. The fourth-order valence-corrected chi connectivity index (χ4v) is 17.6. The number of carbonyl (C=O) groups excluding carboxylic acids is 3. The van der Waals surface area contributed by atoms with Crippen molar-refractivity contribution >= 4 is 23.9 Å². The lowest BCUT2D eigenvalue weighted by Crippen LogP contribution is -2.83. The minimum Gasteiger partial charge on any atom is -0.458 e. The quantitative estimate of drug-likeness (QED) is 0.192. The van der Waals surface area contributed by atoms with E-state index in [0.717, 1.165) is 43.2 Å². The first kappa shape index (κ1) is 36.3. The molecule has 1 aromatic carbocycles. The molecule has 11 nitrogen and oxygen atoms in total. The van der Waals surface area contributed by atoms with Crippen LogP contribution in [0, 0.1) is 46.3 Å². The first-order chi connectivity index (χ1) is 26.7. The van der Waals surface area contributed by atoms with Crippen molar-refractivity contribution < 1.29 is 48.8 Å². The van der Waals surface area contributed by atoms with Gasteiger partial charge in [0, 0.05) is 55.3 Å².